The number of nitrogens with one attached hydrogen (secondary N) is 1. The Balaban J connectivity index is 2.31. The Morgan fingerprint density at radius 1 is 1.33 bits per heavy atom. The van der Waals surface area contributed by atoms with E-state index in [1.54, 1.807) is 0 Å². The molecule has 2 rings (SSSR count). The molecule has 1 aliphatic heterocycles. The third kappa shape index (κ3) is 3.69. The van der Waals surface area contributed by atoms with E-state index in [2.05, 4.69) is 17.1 Å². The SMILES string of the molecule is C[C@@H]1CCCCN1c1ccc(N)cc1NC(=O)C(C)(C)C. The van der Waals surface area contributed by atoms with Crippen LogP contribution in [0.5, 0.6) is 0 Å². The summed E-state index contributed by atoms with van der Waals surface area (Å²) >= 11 is 0. The van der Waals surface area contributed by atoms with Crippen molar-refractivity contribution in [3.8, 4) is 0 Å². The minimum atomic E-state index is -0.421. The average molecular weight is 289 g/mol. The van der Waals surface area contributed by atoms with Gasteiger partial charge in [0.25, 0.3) is 0 Å². The fourth-order valence-electron chi connectivity index (χ4n) is 2.67. The van der Waals surface area contributed by atoms with E-state index in [1.807, 2.05) is 39.0 Å². The van der Waals surface area contributed by atoms with Crippen LogP contribution in [0.1, 0.15) is 47.0 Å². The van der Waals surface area contributed by atoms with E-state index in [4.69, 9.17) is 5.73 Å². The lowest BCUT2D eigenvalue weighted by Crippen LogP contribution is -2.38. The number of anilines is 3. The van der Waals surface area contributed by atoms with E-state index < -0.39 is 5.41 Å². The first kappa shape index (κ1) is 15.7. The molecule has 3 N–H and O–H groups in total. The summed E-state index contributed by atoms with van der Waals surface area (Å²) in [5.41, 5.74) is 8.06. The van der Waals surface area contributed by atoms with Crippen molar-refractivity contribution in [3.63, 3.8) is 0 Å². The summed E-state index contributed by atoms with van der Waals surface area (Å²) in [4.78, 5) is 14.7. The Labute approximate surface area is 127 Å². The number of hydrogen-bond acceptors (Lipinski definition) is 3. The number of nitrogen functional groups attached to an aromatic ring is 1. The predicted molar refractivity (Wildman–Crippen MR) is 89.6 cm³/mol. The summed E-state index contributed by atoms with van der Waals surface area (Å²) in [6.07, 6.45) is 3.66. The minimum Gasteiger partial charge on any atom is -0.399 e. The number of nitrogens with zero attached hydrogens (tertiary/aromatic N) is 1. The van der Waals surface area contributed by atoms with E-state index in [0.29, 0.717) is 11.7 Å². The standard InChI is InChI=1S/C17H27N3O/c1-12-7-5-6-10-20(12)15-9-8-13(18)11-14(15)19-16(21)17(2,3)4/h8-9,11-12H,5-7,10,18H2,1-4H3,(H,19,21)/t12-/m1/s1. The molecule has 4 heteroatoms. The first-order chi connectivity index (χ1) is 9.79. The zero-order chi connectivity index (χ0) is 15.6. The minimum absolute atomic E-state index is 0.0130. The van der Waals surface area contributed by atoms with E-state index in [1.165, 1.54) is 19.3 Å². The van der Waals surface area contributed by atoms with Crippen molar-refractivity contribution in [3.05, 3.63) is 18.2 Å². The Hall–Kier alpha value is -1.71. The molecule has 0 aromatic heterocycles. The Kier molecular flexibility index (Phi) is 4.45. The number of nitrogens with two attached hydrogens (primary N) is 1. The molecule has 1 fully saturated rings. The summed E-state index contributed by atoms with van der Waals surface area (Å²) in [6, 6.07) is 6.28. The maximum Gasteiger partial charge on any atom is 0.229 e. The molecule has 1 aromatic rings. The summed E-state index contributed by atoms with van der Waals surface area (Å²) in [5.74, 6) is 0.0130. The highest BCUT2D eigenvalue weighted by atomic mass is 16.2. The number of carbonyl (C=O) groups is 1. The lowest BCUT2D eigenvalue weighted by atomic mass is 9.95. The van der Waals surface area contributed by atoms with Crippen LogP contribution in [0, 0.1) is 5.41 Å². The van der Waals surface area contributed by atoms with Gasteiger partial charge in [0.2, 0.25) is 5.91 Å². The van der Waals surface area contributed by atoms with Crippen molar-refractivity contribution in [1.82, 2.24) is 0 Å². The van der Waals surface area contributed by atoms with Crippen LogP contribution < -0.4 is 16.0 Å². The molecular weight excluding hydrogens is 262 g/mol. The lowest BCUT2D eigenvalue weighted by Gasteiger charge is -2.37. The molecule has 0 aliphatic carbocycles. The van der Waals surface area contributed by atoms with Gasteiger partial charge in [0, 0.05) is 23.7 Å². The van der Waals surface area contributed by atoms with Crippen LogP contribution in [0.4, 0.5) is 17.1 Å². The highest BCUT2D eigenvalue weighted by Crippen LogP contribution is 2.33. The number of hydrogen-bond donors (Lipinski definition) is 2. The molecule has 4 nitrogen and oxygen atoms in total. The van der Waals surface area contributed by atoms with E-state index >= 15 is 0 Å². The van der Waals surface area contributed by atoms with Crippen LogP contribution in [0.15, 0.2) is 18.2 Å². The number of benzene rings is 1. The van der Waals surface area contributed by atoms with Crippen molar-refractivity contribution in [2.75, 3.05) is 22.5 Å². The number of piperidine rings is 1. The van der Waals surface area contributed by atoms with Gasteiger partial charge in [-0.1, -0.05) is 20.8 Å². The molecule has 0 radical (unpaired) electrons. The van der Waals surface area contributed by atoms with E-state index in [9.17, 15) is 4.79 Å². The monoisotopic (exact) mass is 289 g/mol. The molecule has 0 spiro atoms. The average Bonchev–Trinajstić information content (AvgIpc) is 2.39. The largest absolute Gasteiger partial charge is 0.399 e. The molecule has 0 unspecified atom stereocenters. The van der Waals surface area contributed by atoms with Gasteiger partial charge in [0.05, 0.1) is 11.4 Å². The quantitative estimate of drug-likeness (QED) is 0.817. The first-order valence-corrected chi connectivity index (χ1v) is 7.76. The third-order valence-electron chi connectivity index (χ3n) is 4.06. The second-order valence-electron chi connectivity index (χ2n) is 7.02. The molecular formula is C17H27N3O. The molecule has 116 valence electrons. The maximum absolute atomic E-state index is 12.3. The van der Waals surface area contributed by atoms with Gasteiger partial charge in [-0.3, -0.25) is 4.79 Å². The fourth-order valence-corrected chi connectivity index (χ4v) is 2.67. The van der Waals surface area contributed by atoms with Crippen LogP contribution >= 0.6 is 0 Å². The third-order valence-corrected chi connectivity index (χ3v) is 4.06. The fraction of sp³-hybridized carbons (Fsp3) is 0.588. The summed E-state index contributed by atoms with van der Waals surface area (Å²) in [7, 11) is 0. The summed E-state index contributed by atoms with van der Waals surface area (Å²) in [5, 5.41) is 3.05. The van der Waals surface area contributed by atoms with Crippen LogP contribution in [0.3, 0.4) is 0 Å². The second kappa shape index (κ2) is 5.96. The molecule has 21 heavy (non-hydrogen) atoms. The van der Waals surface area contributed by atoms with Crippen molar-refractivity contribution < 1.29 is 4.79 Å². The smallest absolute Gasteiger partial charge is 0.229 e. The first-order valence-electron chi connectivity index (χ1n) is 7.76. The van der Waals surface area contributed by atoms with Crippen molar-refractivity contribution in [2.45, 2.75) is 53.0 Å². The molecule has 1 saturated heterocycles. The topological polar surface area (TPSA) is 58.4 Å². The van der Waals surface area contributed by atoms with Gasteiger partial charge < -0.3 is 16.0 Å². The van der Waals surface area contributed by atoms with Crippen LogP contribution in [-0.2, 0) is 4.79 Å². The Morgan fingerprint density at radius 2 is 2.05 bits per heavy atom. The number of rotatable bonds is 2. The van der Waals surface area contributed by atoms with Crippen LogP contribution in [-0.4, -0.2) is 18.5 Å². The van der Waals surface area contributed by atoms with Gasteiger partial charge >= 0.3 is 0 Å². The van der Waals surface area contributed by atoms with E-state index in [-0.39, 0.29) is 5.91 Å². The van der Waals surface area contributed by atoms with Gasteiger partial charge in [-0.05, 0) is 44.4 Å². The molecule has 1 atom stereocenters. The van der Waals surface area contributed by atoms with Gasteiger partial charge in [0.1, 0.15) is 0 Å². The van der Waals surface area contributed by atoms with Crippen molar-refractivity contribution in [2.24, 2.45) is 5.41 Å². The normalized spacial score (nSPS) is 19.4. The molecule has 1 heterocycles. The number of amides is 1. The highest BCUT2D eigenvalue weighted by molar-refractivity contribution is 5.98. The zero-order valence-electron chi connectivity index (χ0n) is 13.6. The van der Waals surface area contributed by atoms with Gasteiger partial charge in [0.15, 0.2) is 0 Å². The Bertz CT molecular complexity index is 519. The number of carbonyl (C=O) groups excluding carboxylic acids is 1. The van der Waals surface area contributed by atoms with Gasteiger partial charge in [-0.2, -0.15) is 0 Å². The molecule has 1 aromatic carbocycles. The van der Waals surface area contributed by atoms with Crippen molar-refractivity contribution >= 4 is 23.0 Å². The summed E-state index contributed by atoms with van der Waals surface area (Å²) < 4.78 is 0. The molecule has 1 amide bonds. The summed E-state index contributed by atoms with van der Waals surface area (Å²) in [6.45, 7) is 9.02. The zero-order valence-corrected chi connectivity index (χ0v) is 13.6. The molecule has 0 bridgehead atoms. The maximum atomic E-state index is 12.3. The van der Waals surface area contributed by atoms with Gasteiger partial charge in [-0.15, -0.1) is 0 Å². The predicted octanol–water partition coefficient (Wildman–Crippen LogP) is 3.63. The Morgan fingerprint density at radius 3 is 2.67 bits per heavy atom. The van der Waals surface area contributed by atoms with Crippen LogP contribution in [0.2, 0.25) is 0 Å². The van der Waals surface area contributed by atoms with Crippen molar-refractivity contribution in [1.29, 1.82) is 0 Å². The van der Waals surface area contributed by atoms with E-state index in [0.717, 1.165) is 17.9 Å². The second-order valence-corrected chi connectivity index (χ2v) is 7.02. The lowest BCUT2D eigenvalue weighted by molar-refractivity contribution is -0.123. The molecule has 0 saturated carbocycles. The molecule has 1 aliphatic rings. The van der Waals surface area contributed by atoms with Gasteiger partial charge in [-0.25, -0.2) is 0 Å². The highest BCUT2D eigenvalue weighted by Gasteiger charge is 2.25. The van der Waals surface area contributed by atoms with Crippen LogP contribution in [0.25, 0.3) is 0 Å².